The first-order valence-electron chi connectivity index (χ1n) is 10.4. The zero-order valence-corrected chi connectivity index (χ0v) is 17.5. The molecule has 148 valence electrons. The Balaban J connectivity index is 1.58. The van der Waals surface area contributed by atoms with Crippen LogP contribution < -0.4 is 5.73 Å². The minimum Gasteiger partial charge on any atom is -0.397 e. The van der Waals surface area contributed by atoms with Crippen molar-refractivity contribution in [3.63, 3.8) is 0 Å². The van der Waals surface area contributed by atoms with Crippen LogP contribution in [0.2, 0.25) is 0 Å². The van der Waals surface area contributed by atoms with Gasteiger partial charge in [0.2, 0.25) is 0 Å². The summed E-state index contributed by atoms with van der Waals surface area (Å²) in [7, 11) is 0. The second kappa shape index (κ2) is 6.41. The molecular formula is C25H21N3OS. The lowest BCUT2D eigenvalue weighted by atomic mass is 9.87. The summed E-state index contributed by atoms with van der Waals surface area (Å²) < 4.78 is 1.80. The number of hydrogen-bond acceptors (Lipinski definition) is 4. The molecule has 0 fully saturated rings. The van der Waals surface area contributed by atoms with Gasteiger partial charge in [-0.25, -0.2) is 4.98 Å². The van der Waals surface area contributed by atoms with Crippen LogP contribution in [-0.2, 0) is 12.8 Å². The number of carbonyl (C=O) groups is 1. The summed E-state index contributed by atoms with van der Waals surface area (Å²) >= 11 is 1.41. The van der Waals surface area contributed by atoms with Gasteiger partial charge in [0.05, 0.1) is 16.7 Å². The first-order valence-corrected chi connectivity index (χ1v) is 11.2. The van der Waals surface area contributed by atoms with Crippen LogP contribution in [0.5, 0.6) is 0 Å². The highest BCUT2D eigenvalue weighted by molar-refractivity contribution is 7.21. The third kappa shape index (κ3) is 2.45. The van der Waals surface area contributed by atoms with Crippen molar-refractivity contribution in [3.8, 4) is 0 Å². The molecule has 1 atom stereocenters. The van der Waals surface area contributed by atoms with E-state index in [1.54, 1.807) is 4.57 Å². The number of pyridine rings is 1. The van der Waals surface area contributed by atoms with Gasteiger partial charge in [-0.05, 0) is 48.9 Å². The molecule has 1 aliphatic rings. The number of benzene rings is 2. The van der Waals surface area contributed by atoms with Crippen LogP contribution in [0, 0.1) is 5.92 Å². The van der Waals surface area contributed by atoms with Gasteiger partial charge in [0, 0.05) is 21.9 Å². The van der Waals surface area contributed by atoms with Crippen LogP contribution in [0.25, 0.3) is 32.0 Å². The van der Waals surface area contributed by atoms with E-state index in [2.05, 4.69) is 25.1 Å². The van der Waals surface area contributed by atoms with E-state index in [9.17, 15) is 4.79 Å². The van der Waals surface area contributed by atoms with Crippen LogP contribution >= 0.6 is 11.3 Å². The van der Waals surface area contributed by atoms with Gasteiger partial charge in [0.25, 0.3) is 5.91 Å². The molecule has 0 saturated carbocycles. The lowest BCUT2D eigenvalue weighted by Crippen LogP contribution is -2.12. The van der Waals surface area contributed by atoms with Crippen LogP contribution in [0.4, 0.5) is 5.69 Å². The van der Waals surface area contributed by atoms with Crippen molar-refractivity contribution in [1.82, 2.24) is 9.55 Å². The van der Waals surface area contributed by atoms with Crippen LogP contribution in [0.15, 0.2) is 54.6 Å². The van der Waals surface area contributed by atoms with E-state index in [1.807, 2.05) is 36.4 Å². The zero-order valence-electron chi connectivity index (χ0n) is 16.7. The molecular weight excluding hydrogens is 390 g/mol. The molecule has 0 amide bonds. The molecule has 30 heavy (non-hydrogen) atoms. The van der Waals surface area contributed by atoms with Gasteiger partial charge >= 0.3 is 0 Å². The Bertz CT molecular complexity index is 1420. The SMILES string of the molecule is CC1CCc2nc3sc(C(=O)n4c5ccccc5c5ccccc54)c(N)c3cc2C1. The molecule has 3 heterocycles. The molecule has 1 aliphatic carbocycles. The monoisotopic (exact) mass is 411 g/mol. The molecule has 0 saturated heterocycles. The first-order chi connectivity index (χ1) is 14.6. The minimum atomic E-state index is -0.0840. The maximum absolute atomic E-state index is 13.8. The van der Waals surface area contributed by atoms with Crippen molar-refractivity contribution in [1.29, 1.82) is 0 Å². The minimum absolute atomic E-state index is 0.0840. The number of nitrogens with zero attached hydrogens (tertiary/aromatic N) is 2. The second-order valence-electron chi connectivity index (χ2n) is 8.31. The average molecular weight is 412 g/mol. The normalized spacial score (nSPS) is 16.4. The molecule has 3 aromatic heterocycles. The van der Waals surface area contributed by atoms with Crippen LogP contribution in [-0.4, -0.2) is 15.5 Å². The van der Waals surface area contributed by atoms with Gasteiger partial charge in [-0.15, -0.1) is 11.3 Å². The van der Waals surface area contributed by atoms with E-state index in [4.69, 9.17) is 10.7 Å². The van der Waals surface area contributed by atoms with E-state index in [1.165, 1.54) is 23.3 Å². The number of hydrogen-bond donors (Lipinski definition) is 1. The highest BCUT2D eigenvalue weighted by Gasteiger charge is 2.25. The van der Waals surface area contributed by atoms with E-state index in [0.717, 1.165) is 50.6 Å². The third-order valence-corrected chi connectivity index (χ3v) is 7.41. The highest BCUT2D eigenvalue weighted by Crippen LogP contribution is 2.38. The lowest BCUT2D eigenvalue weighted by Gasteiger charge is -2.20. The third-order valence-electron chi connectivity index (χ3n) is 6.31. The Morgan fingerprint density at radius 2 is 1.73 bits per heavy atom. The van der Waals surface area contributed by atoms with Gasteiger partial charge < -0.3 is 5.73 Å². The van der Waals surface area contributed by atoms with Crippen molar-refractivity contribution in [3.05, 3.63) is 70.7 Å². The Kier molecular flexibility index (Phi) is 3.77. The van der Waals surface area contributed by atoms with E-state index < -0.39 is 0 Å². The fourth-order valence-corrected chi connectivity index (χ4v) is 5.80. The molecule has 5 aromatic rings. The number of aromatic nitrogens is 2. The van der Waals surface area contributed by atoms with Crippen LogP contribution in [0.1, 0.15) is 34.3 Å². The molecule has 0 spiro atoms. The lowest BCUT2D eigenvalue weighted by molar-refractivity contribution is 0.0974. The van der Waals surface area contributed by atoms with Crippen molar-refractivity contribution >= 4 is 55.0 Å². The number of rotatable bonds is 1. The van der Waals surface area contributed by atoms with E-state index in [-0.39, 0.29) is 5.91 Å². The summed E-state index contributed by atoms with van der Waals surface area (Å²) in [5.41, 5.74) is 11.3. The summed E-state index contributed by atoms with van der Waals surface area (Å²) in [6.45, 7) is 2.28. The molecule has 2 N–H and O–H groups in total. The van der Waals surface area contributed by atoms with Crippen LogP contribution in [0.3, 0.4) is 0 Å². The molecule has 5 heteroatoms. The number of nitrogens with two attached hydrogens (primary N) is 1. The predicted molar refractivity (Wildman–Crippen MR) is 124 cm³/mol. The van der Waals surface area contributed by atoms with E-state index in [0.29, 0.717) is 16.5 Å². The molecule has 2 aromatic carbocycles. The Labute approximate surface area is 177 Å². The fourth-order valence-electron chi connectivity index (χ4n) is 4.77. The van der Waals surface area contributed by atoms with Gasteiger partial charge in [0.1, 0.15) is 9.71 Å². The largest absolute Gasteiger partial charge is 0.397 e. The topological polar surface area (TPSA) is 60.9 Å². The second-order valence-corrected chi connectivity index (χ2v) is 9.31. The quantitative estimate of drug-likeness (QED) is 0.379. The Hall–Kier alpha value is -3.18. The number of para-hydroxylation sites is 2. The summed E-state index contributed by atoms with van der Waals surface area (Å²) in [6, 6.07) is 18.2. The highest BCUT2D eigenvalue weighted by atomic mass is 32.1. The molecule has 0 bridgehead atoms. The Morgan fingerprint density at radius 1 is 1.07 bits per heavy atom. The van der Waals surface area contributed by atoms with Crippen molar-refractivity contribution in [2.24, 2.45) is 5.92 Å². The number of fused-ring (bicyclic) bond motifs is 5. The molecule has 0 radical (unpaired) electrons. The molecule has 6 rings (SSSR count). The number of nitrogen functional groups attached to an aromatic ring is 1. The van der Waals surface area contributed by atoms with Gasteiger partial charge in [-0.3, -0.25) is 9.36 Å². The number of aryl methyl sites for hydroxylation is 1. The predicted octanol–water partition coefficient (Wildman–Crippen LogP) is 5.80. The molecule has 1 unspecified atom stereocenters. The maximum atomic E-state index is 13.8. The smallest absolute Gasteiger partial charge is 0.275 e. The van der Waals surface area contributed by atoms with Crippen molar-refractivity contribution < 1.29 is 4.79 Å². The number of thiophene rings is 1. The summed E-state index contributed by atoms with van der Waals surface area (Å²) in [4.78, 5) is 20.1. The zero-order chi connectivity index (χ0) is 20.4. The average Bonchev–Trinajstić information content (AvgIpc) is 3.27. The fraction of sp³-hybridized carbons (Fsp3) is 0.200. The summed E-state index contributed by atoms with van der Waals surface area (Å²) in [5, 5.41) is 3.06. The first kappa shape index (κ1) is 17.7. The molecule has 0 aliphatic heterocycles. The van der Waals surface area contributed by atoms with Gasteiger partial charge in [-0.2, -0.15) is 0 Å². The Morgan fingerprint density at radius 3 is 2.43 bits per heavy atom. The van der Waals surface area contributed by atoms with Crippen molar-refractivity contribution in [2.75, 3.05) is 5.73 Å². The standard InChI is InChI=1S/C25H21N3OS/c1-14-10-11-19-15(12-14)13-18-22(26)23(30-24(18)27-19)25(29)28-20-8-4-2-6-16(20)17-7-3-5-9-21(17)28/h2-9,13-14H,10-12,26H2,1H3. The van der Waals surface area contributed by atoms with Gasteiger partial charge in [0.15, 0.2) is 0 Å². The van der Waals surface area contributed by atoms with Gasteiger partial charge in [-0.1, -0.05) is 43.3 Å². The number of anilines is 1. The number of carbonyl (C=O) groups excluding carboxylic acids is 1. The maximum Gasteiger partial charge on any atom is 0.275 e. The molecule has 4 nitrogen and oxygen atoms in total. The van der Waals surface area contributed by atoms with E-state index >= 15 is 0 Å². The van der Waals surface area contributed by atoms with Crippen molar-refractivity contribution in [2.45, 2.75) is 26.2 Å². The summed E-state index contributed by atoms with van der Waals surface area (Å²) in [6.07, 6.45) is 3.20. The summed E-state index contributed by atoms with van der Waals surface area (Å²) in [5.74, 6) is 0.578.